The van der Waals surface area contributed by atoms with Gasteiger partial charge in [0.2, 0.25) is 0 Å². The van der Waals surface area contributed by atoms with Crippen molar-refractivity contribution in [3.63, 3.8) is 0 Å². The van der Waals surface area contributed by atoms with Gasteiger partial charge >= 0.3 is 6.03 Å². The van der Waals surface area contributed by atoms with E-state index in [1.807, 2.05) is 17.0 Å². The summed E-state index contributed by atoms with van der Waals surface area (Å²) >= 11 is 0. The third kappa shape index (κ3) is 4.00. The second kappa shape index (κ2) is 8.32. The first kappa shape index (κ1) is 19.6. The predicted molar refractivity (Wildman–Crippen MR) is 115 cm³/mol. The van der Waals surface area contributed by atoms with E-state index in [1.54, 1.807) is 44.7 Å². The number of urea groups is 1. The van der Waals surface area contributed by atoms with Crippen molar-refractivity contribution in [3.8, 4) is 0 Å². The van der Waals surface area contributed by atoms with E-state index >= 15 is 0 Å². The number of nitrogens with zero attached hydrogens (tertiary/aromatic N) is 6. The molecule has 0 aromatic carbocycles. The number of amides is 2. The SMILES string of the molecule is CN(C)C(=O)NCCc1ccc2c(n1)N=C(/C=C(\O)c1cccnc1)N1CCN=C21. The minimum atomic E-state index is -0.139. The van der Waals surface area contributed by atoms with Crippen molar-refractivity contribution in [3.05, 3.63) is 59.6 Å². The van der Waals surface area contributed by atoms with E-state index < -0.39 is 0 Å². The Kier molecular flexibility index (Phi) is 5.42. The van der Waals surface area contributed by atoms with Crippen LogP contribution >= 0.6 is 0 Å². The first-order valence-corrected chi connectivity index (χ1v) is 9.70. The minimum Gasteiger partial charge on any atom is -0.507 e. The van der Waals surface area contributed by atoms with Crippen LogP contribution in [0.4, 0.5) is 10.6 Å². The molecule has 4 heterocycles. The predicted octanol–water partition coefficient (Wildman–Crippen LogP) is 2.00. The van der Waals surface area contributed by atoms with Crippen molar-refractivity contribution in [2.45, 2.75) is 6.42 Å². The van der Waals surface area contributed by atoms with E-state index in [0.717, 1.165) is 17.1 Å². The lowest BCUT2D eigenvalue weighted by Crippen LogP contribution is -2.37. The highest BCUT2D eigenvalue weighted by Gasteiger charge is 2.29. The van der Waals surface area contributed by atoms with E-state index in [-0.39, 0.29) is 11.8 Å². The summed E-state index contributed by atoms with van der Waals surface area (Å²) in [4.78, 5) is 33.1. The summed E-state index contributed by atoms with van der Waals surface area (Å²) < 4.78 is 0. The van der Waals surface area contributed by atoms with Crippen LogP contribution < -0.4 is 5.32 Å². The molecule has 9 heteroatoms. The molecule has 30 heavy (non-hydrogen) atoms. The molecule has 0 spiro atoms. The van der Waals surface area contributed by atoms with Crippen molar-refractivity contribution < 1.29 is 9.90 Å². The Morgan fingerprint density at radius 2 is 2.20 bits per heavy atom. The number of carbonyl (C=O) groups excluding carboxylic acids is 1. The lowest BCUT2D eigenvalue weighted by Gasteiger charge is -2.25. The van der Waals surface area contributed by atoms with E-state index in [1.165, 1.54) is 4.90 Å². The Morgan fingerprint density at radius 1 is 1.33 bits per heavy atom. The summed E-state index contributed by atoms with van der Waals surface area (Å²) in [7, 11) is 3.40. The van der Waals surface area contributed by atoms with Gasteiger partial charge in [-0.05, 0) is 24.3 Å². The van der Waals surface area contributed by atoms with Gasteiger partial charge in [-0.25, -0.2) is 14.8 Å². The number of aliphatic hydroxyl groups is 1. The standard InChI is InChI=1S/C21H23N7O2/c1-27(2)21(30)24-9-7-15-5-6-16-19(25-15)26-18(28-11-10-23-20(16)28)12-17(29)14-4-3-8-22-13-14/h3-6,8,12-13,29H,7,9-11H2,1-2H3,(H,24,30)/b17-12-. The van der Waals surface area contributed by atoms with Gasteiger partial charge in [0.05, 0.1) is 12.1 Å². The maximum Gasteiger partial charge on any atom is 0.316 e. The molecule has 0 radical (unpaired) electrons. The van der Waals surface area contributed by atoms with Gasteiger partial charge in [-0.15, -0.1) is 0 Å². The van der Waals surface area contributed by atoms with Crippen molar-refractivity contribution in [2.75, 3.05) is 33.7 Å². The Bertz CT molecular complexity index is 1040. The summed E-state index contributed by atoms with van der Waals surface area (Å²) in [5.41, 5.74) is 2.30. The van der Waals surface area contributed by atoms with Crippen LogP contribution in [0.1, 0.15) is 16.8 Å². The molecule has 0 saturated carbocycles. The Labute approximate surface area is 174 Å². The number of amidine groups is 2. The topological polar surface area (TPSA) is 106 Å². The molecule has 0 bridgehead atoms. The molecule has 0 atom stereocenters. The number of fused-ring (bicyclic) bond motifs is 3. The molecule has 2 aromatic rings. The van der Waals surface area contributed by atoms with Crippen LogP contribution in [0.15, 0.2) is 52.7 Å². The van der Waals surface area contributed by atoms with Crippen molar-refractivity contribution >= 4 is 29.3 Å². The molecule has 2 amide bonds. The lowest BCUT2D eigenvalue weighted by molar-refractivity contribution is 0.217. The number of hydrogen-bond acceptors (Lipinski definition) is 7. The van der Waals surface area contributed by atoms with Gasteiger partial charge in [-0.1, -0.05) is 0 Å². The quantitative estimate of drug-likeness (QED) is 0.740. The monoisotopic (exact) mass is 405 g/mol. The largest absolute Gasteiger partial charge is 0.507 e. The second-order valence-electron chi connectivity index (χ2n) is 7.15. The van der Waals surface area contributed by atoms with Gasteiger partial charge in [-0.2, -0.15) is 0 Å². The number of aliphatic hydroxyl groups excluding tert-OH is 1. The smallest absolute Gasteiger partial charge is 0.316 e. The van der Waals surface area contributed by atoms with Gasteiger partial charge in [0.25, 0.3) is 0 Å². The summed E-state index contributed by atoms with van der Waals surface area (Å²) in [6, 6.07) is 7.31. The molecule has 4 rings (SSSR count). The first-order valence-electron chi connectivity index (χ1n) is 9.70. The highest BCUT2D eigenvalue weighted by atomic mass is 16.3. The number of aromatic nitrogens is 2. The summed E-state index contributed by atoms with van der Waals surface area (Å²) in [6.45, 7) is 1.84. The van der Waals surface area contributed by atoms with E-state index in [9.17, 15) is 9.90 Å². The molecule has 0 aliphatic carbocycles. The van der Waals surface area contributed by atoms with Gasteiger partial charge in [0.1, 0.15) is 17.4 Å². The zero-order chi connectivity index (χ0) is 21.1. The van der Waals surface area contributed by atoms with E-state index in [2.05, 4.69) is 25.3 Å². The van der Waals surface area contributed by atoms with Crippen molar-refractivity contribution in [1.29, 1.82) is 0 Å². The Morgan fingerprint density at radius 3 is 2.97 bits per heavy atom. The highest BCUT2D eigenvalue weighted by molar-refractivity contribution is 6.19. The fraction of sp³-hybridized carbons (Fsp3) is 0.286. The molecular formula is C21H23N7O2. The normalized spacial score (nSPS) is 15.1. The average molecular weight is 405 g/mol. The van der Waals surface area contributed by atoms with Crippen LogP contribution in [0.5, 0.6) is 0 Å². The number of hydrogen-bond donors (Lipinski definition) is 2. The van der Waals surface area contributed by atoms with Crippen LogP contribution in [0.25, 0.3) is 5.76 Å². The fourth-order valence-electron chi connectivity index (χ4n) is 3.24. The van der Waals surface area contributed by atoms with E-state index in [4.69, 9.17) is 0 Å². The molecule has 154 valence electrons. The molecular weight excluding hydrogens is 382 g/mol. The second-order valence-corrected chi connectivity index (χ2v) is 7.15. The minimum absolute atomic E-state index is 0.0825. The van der Waals surface area contributed by atoms with E-state index in [0.29, 0.717) is 43.3 Å². The number of pyridine rings is 2. The molecule has 2 N–H and O–H groups in total. The van der Waals surface area contributed by atoms with Crippen LogP contribution in [0, 0.1) is 0 Å². The summed E-state index contributed by atoms with van der Waals surface area (Å²) in [6.07, 6.45) is 5.46. The van der Waals surface area contributed by atoms with Gasteiger partial charge in [0, 0.05) is 63.3 Å². The molecule has 2 aromatic heterocycles. The number of aliphatic imine (C=N–C) groups is 2. The van der Waals surface area contributed by atoms with Crippen LogP contribution in [-0.2, 0) is 6.42 Å². The average Bonchev–Trinajstić information content (AvgIpc) is 3.24. The zero-order valence-electron chi connectivity index (χ0n) is 16.9. The number of nitrogens with one attached hydrogen (secondary N) is 1. The molecule has 0 saturated heterocycles. The molecule has 9 nitrogen and oxygen atoms in total. The molecule has 0 unspecified atom stereocenters. The molecule has 2 aliphatic rings. The number of carbonyl (C=O) groups is 1. The van der Waals surface area contributed by atoms with Gasteiger partial charge < -0.3 is 20.2 Å². The van der Waals surface area contributed by atoms with Crippen LogP contribution in [-0.4, -0.2) is 76.3 Å². The maximum absolute atomic E-state index is 11.7. The first-order chi connectivity index (χ1) is 14.5. The Balaban J connectivity index is 1.60. The zero-order valence-corrected chi connectivity index (χ0v) is 16.9. The molecule has 0 fully saturated rings. The fourth-order valence-corrected chi connectivity index (χ4v) is 3.24. The van der Waals surface area contributed by atoms with Crippen LogP contribution in [0.3, 0.4) is 0 Å². The highest BCUT2D eigenvalue weighted by Crippen LogP contribution is 2.28. The van der Waals surface area contributed by atoms with Crippen molar-refractivity contribution in [1.82, 2.24) is 25.1 Å². The third-order valence-electron chi connectivity index (χ3n) is 4.80. The van der Waals surface area contributed by atoms with Gasteiger partial charge in [0.15, 0.2) is 5.82 Å². The van der Waals surface area contributed by atoms with Gasteiger partial charge in [-0.3, -0.25) is 9.98 Å². The lowest BCUT2D eigenvalue weighted by atomic mass is 10.1. The Hall–Kier alpha value is -3.75. The number of rotatable bonds is 5. The molecule has 2 aliphatic heterocycles. The van der Waals surface area contributed by atoms with Crippen molar-refractivity contribution in [2.24, 2.45) is 9.98 Å². The van der Waals surface area contributed by atoms with Crippen LogP contribution in [0.2, 0.25) is 0 Å². The summed E-state index contributed by atoms with van der Waals surface area (Å²) in [5, 5.41) is 13.3. The maximum atomic E-state index is 11.7. The summed E-state index contributed by atoms with van der Waals surface area (Å²) in [5.74, 6) is 2.04. The third-order valence-corrected chi connectivity index (χ3v) is 4.80.